The zero-order valence-corrected chi connectivity index (χ0v) is 17.2. The summed E-state index contributed by atoms with van der Waals surface area (Å²) < 4.78 is 10.6. The average Bonchev–Trinajstić information content (AvgIpc) is 2.83. The van der Waals surface area contributed by atoms with Gasteiger partial charge in [-0.25, -0.2) is 9.97 Å². The number of amides is 1. The zero-order chi connectivity index (χ0) is 21.6. The van der Waals surface area contributed by atoms with E-state index in [2.05, 4.69) is 16.4 Å². The molecule has 1 aromatic heterocycles. The molecule has 2 heterocycles. The number of para-hydroxylation sites is 2. The molecule has 0 aliphatic carbocycles. The van der Waals surface area contributed by atoms with Gasteiger partial charge in [0, 0.05) is 19.6 Å². The van der Waals surface area contributed by atoms with Gasteiger partial charge in [-0.1, -0.05) is 24.3 Å². The van der Waals surface area contributed by atoms with Crippen LogP contribution in [-0.2, 0) is 16.1 Å². The number of nitrogens with one attached hydrogen (secondary N) is 1. The van der Waals surface area contributed by atoms with E-state index < -0.39 is 11.8 Å². The van der Waals surface area contributed by atoms with Crippen LogP contribution in [0, 0.1) is 11.3 Å². The summed E-state index contributed by atoms with van der Waals surface area (Å²) in [6, 6.07) is 17.0. The van der Waals surface area contributed by atoms with Crippen LogP contribution in [0.5, 0.6) is 5.75 Å². The Balaban J connectivity index is 1.62. The molecule has 3 aromatic rings. The molecule has 4 rings (SSSR count). The van der Waals surface area contributed by atoms with Crippen molar-refractivity contribution in [3.8, 4) is 11.8 Å². The molecule has 0 saturated carbocycles. The van der Waals surface area contributed by atoms with E-state index in [4.69, 9.17) is 14.5 Å². The fourth-order valence-electron chi connectivity index (χ4n) is 3.48. The Morgan fingerprint density at radius 2 is 1.84 bits per heavy atom. The van der Waals surface area contributed by atoms with E-state index in [1.165, 1.54) is 0 Å². The molecule has 1 unspecified atom stereocenters. The highest BCUT2D eigenvalue weighted by Crippen LogP contribution is 2.28. The molecule has 1 aliphatic rings. The summed E-state index contributed by atoms with van der Waals surface area (Å²) >= 11 is 0. The first-order chi connectivity index (χ1) is 15.2. The fourth-order valence-corrected chi connectivity index (χ4v) is 3.48. The number of methoxy groups -OCH3 is 1. The van der Waals surface area contributed by atoms with Crippen LogP contribution in [0.1, 0.15) is 17.2 Å². The van der Waals surface area contributed by atoms with Crippen molar-refractivity contribution < 1.29 is 14.3 Å². The van der Waals surface area contributed by atoms with Crippen LogP contribution in [0.4, 0.5) is 5.82 Å². The summed E-state index contributed by atoms with van der Waals surface area (Å²) in [6.45, 7) is 2.69. The standard InChI is InChI=1S/C23H23N5O3/c1-30-17-8-6-16(7-9-17)15-25-23(29)18(14-24)21-22(28-10-12-31-13-11-28)27-20-5-3-2-4-19(20)26-21/h2-9,18H,10-13,15H2,1H3,(H,25,29). The number of benzene rings is 2. The molecular formula is C23H23N5O3. The third-order valence-corrected chi connectivity index (χ3v) is 5.18. The molecule has 31 heavy (non-hydrogen) atoms. The molecule has 8 nitrogen and oxygen atoms in total. The lowest BCUT2D eigenvalue weighted by Gasteiger charge is -2.29. The SMILES string of the molecule is COc1ccc(CNC(=O)C(C#N)c2nc3ccccc3nc2N2CCOCC2)cc1. The molecule has 0 bridgehead atoms. The van der Waals surface area contributed by atoms with Crippen LogP contribution in [0.2, 0.25) is 0 Å². The second-order valence-electron chi connectivity index (χ2n) is 7.15. The van der Waals surface area contributed by atoms with Gasteiger partial charge in [0.15, 0.2) is 11.7 Å². The maximum absolute atomic E-state index is 13.0. The average molecular weight is 417 g/mol. The van der Waals surface area contributed by atoms with E-state index in [1.807, 2.05) is 53.4 Å². The molecule has 8 heteroatoms. The van der Waals surface area contributed by atoms with E-state index in [1.54, 1.807) is 7.11 Å². The van der Waals surface area contributed by atoms with Gasteiger partial charge in [-0.05, 0) is 29.8 Å². The quantitative estimate of drug-likeness (QED) is 0.657. The molecule has 158 valence electrons. The lowest BCUT2D eigenvalue weighted by molar-refractivity contribution is -0.121. The minimum absolute atomic E-state index is 0.301. The normalized spacial score (nSPS) is 14.6. The second kappa shape index (κ2) is 9.41. The van der Waals surface area contributed by atoms with Crippen molar-refractivity contribution in [2.75, 3.05) is 38.3 Å². The zero-order valence-electron chi connectivity index (χ0n) is 17.2. The smallest absolute Gasteiger partial charge is 0.243 e. The van der Waals surface area contributed by atoms with Gasteiger partial charge in [-0.15, -0.1) is 0 Å². The third kappa shape index (κ3) is 4.57. The van der Waals surface area contributed by atoms with Gasteiger partial charge >= 0.3 is 0 Å². The van der Waals surface area contributed by atoms with Crippen molar-refractivity contribution in [2.24, 2.45) is 0 Å². The van der Waals surface area contributed by atoms with Crippen LogP contribution < -0.4 is 15.0 Å². The van der Waals surface area contributed by atoms with Crippen molar-refractivity contribution in [1.29, 1.82) is 5.26 Å². The van der Waals surface area contributed by atoms with Gasteiger partial charge < -0.3 is 19.7 Å². The van der Waals surface area contributed by atoms with Crippen LogP contribution in [0.25, 0.3) is 11.0 Å². The Bertz CT molecular complexity index is 1100. The highest BCUT2D eigenvalue weighted by atomic mass is 16.5. The number of nitriles is 1. The number of anilines is 1. The monoisotopic (exact) mass is 417 g/mol. The first-order valence-corrected chi connectivity index (χ1v) is 10.1. The molecule has 1 saturated heterocycles. The van der Waals surface area contributed by atoms with Crippen molar-refractivity contribution in [1.82, 2.24) is 15.3 Å². The molecule has 0 spiro atoms. The lowest BCUT2D eigenvalue weighted by Crippen LogP contribution is -2.38. The molecule has 1 N–H and O–H groups in total. The predicted octanol–water partition coefficient (Wildman–Crippen LogP) is 2.40. The second-order valence-corrected chi connectivity index (χ2v) is 7.15. The predicted molar refractivity (Wildman–Crippen MR) is 116 cm³/mol. The lowest BCUT2D eigenvalue weighted by atomic mass is 10.0. The molecule has 2 aromatic carbocycles. The van der Waals surface area contributed by atoms with Gasteiger partial charge in [0.2, 0.25) is 5.91 Å². The van der Waals surface area contributed by atoms with E-state index in [9.17, 15) is 10.1 Å². The van der Waals surface area contributed by atoms with E-state index in [0.29, 0.717) is 49.9 Å². The van der Waals surface area contributed by atoms with Gasteiger partial charge in [-0.2, -0.15) is 5.26 Å². The maximum atomic E-state index is 13.0. The molecule has 1 fully saturated rings. The highest BCUT2D eigenvalue weighted by Gasteiger charge is 2.29. The number of nitrogens with zero attached hydrogens (tertiary/aromatic N) is 4. The van der Waals surface area contributed by atoms with E-state index >= 15 is 0 Å². The Kier molecular flexibility index (Phi) is 6.24. The van der Waals surface area contributed by atoms with Crippen molar-refractivity contribution in [3.63, 3.8) is 0 Å². The van der Waals surface area contributed by atoms with Gasteiger partial charge in [0.1, 0.15) is 11.4 Å². The summed E-state index contributed by atoms with van der Waals surface area (Å²) in [5.41, 5.74) is 2.65. The Morgan fingerprint density at radius 3 is 2.48 bits per heavy atom. The number of morpholine rings is 1. The van der Waals surface area contributed by atoms with Crippen molar-refractivity contribution in [3.05, 3.63) is 59.8 Å². The van der Waals surface area contributed by atoms with Crippen LogP contribution in [-0.4, -0.2) is 49.3 Å². The number of carbonyl (C=O) groups is 1. The van der Waals surface area contributed by atoms with Gasteiger partial charge in [0.25, 0.3) is 0 Å². The largest absolute Gasteiger partial charge is 0.497 e. The maximum Gasteiger partial charge on any atom is 0.243 e. The summed E-state index contributed by atoms with van der Waals surface area (Å²) in [4.78, 5) is 24.4. The number of hydrogen-bond acceptors (Lipinski definition) is 7. The highest BCUT2D eigenvalue weighted by molar-refractivity contribution is 5.88. The molecular weight excluding hydrogens is 394 g/mol. The number of aromatic nitrogens is 2. The summed E-state index contributed by atoms with van der Waals surface area (Å²) in [6.07, 6.45) is 0. The van der Waals surface area contributed by atoms with Crippen LogP contribution in [0.3, 0.4) is 0 Å². The summed E-state index contributed by atoms with van der Waals surface area (Å²) in [7, 11) is 1.60. The summed E-state index contributed by atoms with van der Waals surface area (Å²) in [5.74, 6) is -0.176. The van der Waals surface area contributed by atoms with Crippen LogP contribution >= 0.6 is 0 Å². The minimum Gasteiger partial charge on any atom is -0.497 e. The molecule has 1 amide bonds. The first kappa shape index (κ1) is 20.6. The number of rotatable bonds is 6. The number of carbonyl (C=O) groups excluding carboxylic acids is 1. The summed E-state index contributed by atoms with van der Waals surface area (Å²) in [5, 5.41) is 12.7. The molecule has 1 aliphatic heterocycles. The minimum atomic E-state index is -1.08. The van der Waals surface area contributed by atoms with Crippen molar-refractivity contribution >= 4 is 22.8 Å². The topological polar surface area (TPSA) is 100 Å². The van der Waals surface area contributed by atoms with E-state index in [-0.39, 0.29) is 0 Å². The fraction of sp³-hybridized carbons (Fsp3) is 0.304. The van der Waals surface area contributed by atoms with Crippen molar-refractivity contribution in [2.45, 2.75) is 12.5 Å². The Labute approximate surface area is 180 Å². The number of hydrogen-bond donors (Lipinski definition) is 1. The van der Waals surface area contributed by atoms with E-state index in [0.717, 1.165) is 16.8 Å². The molecule has 1 atom stereocenters. The van der Waals surface area contributed by atoms with Gasteiger partial charge in [0.05, 0.1) is 37.4 Å². The Morgan fingerprint density at radius 1 is 1.16 bits per heavy atom. The first-order valence-electron chi connectivity index (χ1n) is 10.1. The van der Waals surface area contributed by atoms with Crippen LogP contribution in [0.15, 0.2) is 48.5 Å². The number of ether oxygens (including phenoxy) is 2. The number of fused-ring (bicyclic) bond motifs is 1. The molecule has 0 radical (unpaired) electrons. The Hall–Kier alpha value is -3.70. The third-order valence-electron chi connectivity index (χ3n) is 5.18. The van der Waals surface area contributed by atoms with Gasteiger partial charge in [-0.3, -0.25) is 4.79 Å².